The van der Waals surface area contributed by atoms with Crippen molar-refractivity contribution < 1.29 is 9.59 Å². The highest BCUT2D eigenvalue weighted by Crippen LogP contribution is 2.29. The molecule has 0 aromatic carbocycles. The van der Waals surface area contributed by atoms with Gasteiger partial charge in [0.2, 0.25) is 0 Å². The summed E-state index contributed by atoms with van der Waals surface area (Å²) < 4.78 is 0. The lowest BCUT2D eigenvalue weighted by atomic mass is 10.0. The molecule has 2 N–H and O–H groups in total. The fourth-order valence-corrected chi connectivity index (χ4v) is 3.66. The molecule has 0 atom stereocenters. The molecule has 0 saturated carbocycles. The molecule has 104 valence electrons. The van der Waals surface area contributed by atoms with E-state index in [0.717, 1.165) is 23.4 Å². The second-order valence-corrected chi connectivity index (χ2v) is 6.49. The lowest BCUT2D eigenvalue weighted by Gasteiger charge is -2.05. The third kappa shape index (κ3) is 2.88. The van der Waals surface area contributed by atoms with Crippen molar-refractivity contribution in [2.45, 2.75) is 25.8 Å². The summed E-state index contributed by atoms with van der Waals surface area (Å²) in [4.78, 5) is 29.6. The lowest BCUT2D eigenvalue weighted by molar-refractivity contribution is 0.0976. The number of nitrogens with one attached hydrogen (secondary N) is 2. The lowest BCUT2D eigenvalue weighted by Crippen LogP contribution is -2.27. The van der Waals surface area contributed by atoms with Gasteiger partial charge in [-0.3, -0.25) is 10.1 Å². The number of urea groups is 1. The average molecular weight is 307 g/mol. The van der Waals surface area contributed by atoms with Crippen molar-refractivity contribution in [2.75, 3.05) is 5.32 Å². The van der Waals surface area contributed by atoms with E-state index in [0.29, 0.717) is 23.0 Å². The predicted octanol–water partition coefficient (Wildman–Crippen LogP) is 3.05. The van der Waals surface area contributed by atoms with Crippen LogP contribution < -0.4 is 10.6 Å². The SMILES string of the molecule is O=C(NCc1cccs1)Nc1nc2c(s1)C(=O)CCC2. The third-order valence-corrected chi connectivity index (χ3v) is 4.92. The van der Waals surface area contributed by atoms with Crippen LogP contribution in [0.5, 0.6) is 0 Å². The number of fused-ring (bicyclic) bond motifs is 1. The Bertz CT molecular complexity index is 634. The monoisotopic (exact) mass is 307 g/mol. The molecular formula is C13H13N3O2S2. The Morgan fingerprint density at radius 1 is 1.40 bits per heavy atom. The van der Waals surface area contributed by atoms with Crippen LogP contribution in [-0.4, -0.2) is 16.8 Å². The molecule has 2 amide bonds. The van der Waals surface area contributed by atoms with Gasteiger partial charge in [0.15, 0.2) is 10.9 Å². The second-order valence-electron chi connectivity index (χ2n) is 4.46. The Hall–Kier alpha value is -1.73. The Labute approximate surface area is 124 Å². The summed E-state index contributed by atoms with van der Waals surface area (Å²) in [5.74, 6) is 0.135. The third-order valence-electron chi connectivity index (χ3n) is 2.99. The highest BCUT2D eigenvalue weighted by atomic mass is 32.1. The van der Waals surface area contributed by atoms with Crippen LogP contribution in [0.2, 0.25) is 0 Å². The van der Waals surface area contributed by atoms with Crippen LogP contribution in [-0.2, 0) is 13.0 Å². The number of anilines is 1. The Morgan fingerprint density at radius 2 is 2.30 bits per heavy atom. The number of hydrogen-bond donors (Lipinski definition) is 2. The van der Waals surface area contributed by atoms with Gasteiger partial charge in [-0.15, -0.1) is 11.3 Å². The Kier molecular flexibility index (Phi) is 3.79. The first kappa shape index (κ1) is 13.3. The van der Waals surface area contributed by atoms with Crippen LogP contribution in [0, 0.1) is 0 Å². The molecule has 1 aliphatic rings. The van der Waals surface area contributed by atoms with E-state index in [-0.39, 0.29) is 11.8 Å². The smallest absolute Gasteiger partial charge is 0.321 e. The maximum Gasteiger partial charge on any atom is 0.321 e. The standard InChI is InChI=1S/C13H13N3O2S2/c17-10-5-1-4-9-11(10)20-13(15-9)16-12(18)14-7-8-3-2-6-19-8/h2-3,6H,1,4-5,7H2,(H2,14,15,16,18). The van der Waals surface area contributed by atoms with Crippen molar-refractivity contribution in [2.24, 2.45) is 0 Å². The molecule has 2 heterocycles. The molecule has 0 unspecified atom stereocenters. The molecule has 0 saturated heterocycles. The number of rotatable bonds is 3. The molecule has 5 nitrogen and oxygen atoms in total. The van der Waals surface area contributed by atoms with Crippen molar-refractivity contribution >= 4 is 39.6 Å². The number of aromatic nitrogens is 1. The van der Waals surface area contributed by atoms with Gasteiger partial charge in [-0.2, -0.15) is 0 Å². The van der Waals surface area contributed by atoms with Gasteiger partial charge in [-0.25, -0.2) is 9.78 Å². The molecule has 7 heteroatoms. The van der Waals surface area contributed by atoms with Crippen LogP contribution in [0.1, 0.15) is 33.1 Å². The van der Waals surface area contributed by atoms with E-state index < -0.39 is 0 Å². The zero-order valence-corrected chi connectivity index (χ0v) is 12.3. The molecule has 0 fully saturated rings. The molecule has 0 aliphatic heterocycles. The van der Waals surface area contributed by atoms with Crippen molar-refractivity contribution in [3.63, 3.8) is 0 Å². The zero-order chi connectivity index (χ0) is 13.9. The van der Waals surface area contributed by atoms with Gasteiger partial charge in [0.25, 0.3) is 0 Å². The second kappa shape index (κ2) is 5.72. The van der Waals surface area contributed by atoms with E-state index in [1.807, 2.05) is 17.5 Å². The molecular weight excluding hydrogens is 294 g/mol. The summed E-state index contributed by atoms with van der Waals surface area (Å²) in [5.41, 5.74) is 0.819. The molecule has 3 rings (SSSR count). The number of thiophene rings is 1. The summed E-state index contributed by atoms with van der Waals surface area (Å²) in [7, 11) is 0. The minimum atomic E-state index is -0.294. The van der Waals surface area contributed by atoms with Crippen LogP contribution in [0.3, 0.4) is 0 Å². The number of Topliss-reactive ketones (excluding diaryl/α,β-unsaturated/α-hetero) is 1. The van der Waals surface area contributed by atoms with Gasteiger partial charge in [0.05, 0.1) is 17.1 Å². The topological polar surface area (TPSA) is 71.1 Å². The van der Waals surface area contributed by atoms with E-state index in [4.69, 9.17) is 0 Å². The van der Waals surface area contributed by atoms with E-state index >= 15 is 0 Å². The normalized spacial score (nSPS) is 13.9. The average Bonchev–Trinajstić information content (AvgIpc) is 3.05. The van der Waals surface area contributed by atoms with Crippen molar-refractivity contribution in [3.8, 4) is 0 Å². The minimum Gasteiger partial charge on any atom is -0.333 e. The van der Waals surface area contributed by atoms with E-state index in [1.165, 1.54) is 11.3 Å². The first-order valence-corrected chi connectivity index (χ1v) is 8.02. The predicted molar refractivity (Wildman–Crippen MR) is 79.6 cm³/mol. The maximum absolute atomic E-state index is 11.8. The zero-order valence-electron chi connectivity index (χ0n) is 10.6. The summed E-state index contributed by atoms with van der Waals surface area (Å²) in [6, 6.07) is 3.61. The van der Waals surface area contributed by atoms with Crippen molar-refractivity contribution in [1.82, 2.24) is 10.3 Å². The quantitative estimate of drug-likeness (QED) is 0.915. The summed E-state index contributed by atoms with van der Waals surface area (Å²) in [5, 5.41) is 7.92. The van der Waals surface area contributed by atoms with Crippen molar-refractivity contribution in [1.29, 1.82) is 0 Å². The number of nitrogens with zero attached hydrogens (tertiary/aromatic N) is 1. The molecule has 1 aliphatic carbocycles. The molecule has 0 spiro atoms. The molecule has 20 heavy (non-hydrogen) atoms. The number of aryl methyl sites for hydroxylation is 1. The first-order chi connectivity index (χ1) is 9.72. The Morgan fingerprint density at radius 3 is 3.05 bits per heavy atom. The number of ketones is 1. The number of carbonyl (C=O) groups is 2. The van der Waals surface area contributed by atoms with Gasteiger partial charge in [0, 0.05) is 11.3 Å². The highest BCUT2D eigenvalue weighted by Gasteiger charge is 2.22. The molecule has 0 bridgehead atoms. The number of hydrogen-bond acceptors (Lipinski definition) is 5. The summed E-state index contributed by atoms with van der Waals surface area (Å²) >= 11 is 2.86. The fourth-order valence-electron chi connectivity index (χ4n) is 2.04. The van der Waals surface area contributed by atoms with Gasteiger partial charge in [-0.05, 0) is 24.3 Å². The van der Waals surface area contributed by atoms with Crippen LogP contribution in [0.4, 0.5) is 9.93 Å². The van der Waals surface area contributed by atoms with E-state index in [1.54, 1.807) is 11.3 Å². The number of amides is 2. The van der Waals surface area contributed by atoms with E-state index in [2.05, 4.69) is 15.6 Å². The minimum absolute atomic E-state index is 0.135. The molecule has 0 radical (unpaired) electrons. The van der Waals surface area contributed by atoms with E-state index in [9.17, 15) is 9.59 Å². The summed E-state index contributed by atoms with van der Waals surface area (Å²) in [6.07, 6.45) is 2.24. The van der Waals surface area contributed by atoms with Crippen LogP contribution >= 0.6 is 22.7 Å². The Balaban J connectivity index is 1.60. The largest absolute Gasteiger partial charge is 0.333 e. The van der Waals surface area contributed by atoms with Crippen LogP contribution in [0.25, 0.3) is 0 Å². The van der Waals surface area contributed by atoms with Gasteiger partial charge in [-0.1, -0.05) is 17.4 Å². The molecule has 2 aromatic rings. The van der Waals surface area contributed by atoms with Gasteiger partial charge >= 0.3 is 6.03 Å². The van der Waals surface area contributed by atoms with Crippen LogP contribution in [0.15, 0.2) is 17.5 Å². The first-order valence-electron chi connectivity index (χ1n) is 6.32. The van der Waals surface area contributed by atoms with Gasteiger partial charge in [0.1, 0.15) is 0 Å². The number of thiazole rings is 1. The van der Waals surface area contributed by atoms with Crippen molar-refractivity contribution in [3.05, 3.63) is 33.0 Å². The fraction of sp³-hybridized carbons (Fsp3) is 0.308. The summed E-state index contributed by atoms with van der Waals surface area (Å²) in [6.45, 7) is 0.494. The highest BCUT2D eigenvalue weighted by molar-refractivity contribution is 7.17. The van der Waals surface area contributed by atoms with Gasteiger partial charge < -0.3 is 5.32 Å². The molecule has 2 aromatic heterocycles. The number of carbonyl (C=O) groups excluding carboxylic acids is 2. The maximum atomic E-state index is 11.8.